The Hall–Kier alpha value is -2.99. The predicted octanol–water partition coefficient (Wildman–Crippen LogP) is 5.14. The summed E-state index contributed by atoms with van der Waals surface area (Å²) in [5.41, 5.74) is 3.31. The van der Waals surface area contributed by atoms with Gasteiger partial charge in [-0.3, -0.25) is 4.98 Å². The lowest BCUT2D eigenvalue weighted by atomic mass is 9.94. The van der Waals surface area contributed by atoms with Gasteiger partial charge in [-0.2, -0.15) is 0 Å². The van der Waals surface area contributed by atoms with E-state index in [1.165, 1.54) is 0 Å². The van der Waals surface area contributed by atoms with Crippen LogP contribution < -0.4 is 10.1 Å². The first-order valence-electron chi connectivity index (χ1n) is 11.3. The molecule has 3 aromatic rings. The normalized spacial score (nSPS) is 15.5. The van der Waals surface area contributed by atoms with E-state index >= 15 is 0 Å². The van der Waals surface area contributed by atoms with Crippen LogP contribution in [-0.4, -0.2) is 52.6 Å². The van der Waals surface area contributed by atoms with E-state index in [1.54, 1.807) is 19.5 Å². The van der Waals surface area contributed by atoms with Crippen LogP contribution in [0, 0.1) is 5.41 Å². The van der Waals surface area contributed by atoms with Crippen molar-refractivity contribution in [1.82, 2.24) is 19.9 Å². The van der Waals surface area contributed by atoms with Crippen molar-refractivity contribution < 1.29 is 4.74 Å². The SMILES string of the molecule is COc1cccc(-c2cnc(-c3ccncc3)nc2NC2CCN(CC(C)(C)C)CC2)c1. The molecule has 3 heterocycles. The van der Waals surface area contributed by atoms with Crippen LogP contribution >= 0.6 is 0 Å². The van der Waals surface area contributed by atoms with Gasteiger partial charge in [0.2, 0.25) is 0 Å². The molecule has 0 amide bonds. The summed E-state index contributed by atoms with van der Waals surface area (Å²) in [6.45, 7) is 10.3. The number of pyridine rings is 1. The molecule has 0 spiro atoms. The molecule has 0 radical (unpaired) electrons. The molecule has 1 aliphatic heterocycles. The number of likely N-dealkylation sites (tertiary alicyclic amines) is 1. The third-order valence-corrected chi connectivity index (χ3v) is 5.73. The van der Waals surface area contributed by atoms with E-state index in [1.807, 2.05) is 36.5 Å². The minimum absolute atomic E-state index is 0.325. The molecule has 1 N–H and O–H groups in total. The summed E-state index contributed by atoms with van der Waals surface area (Å²) in [5.74, 6) is 2.39. The smallest absolute Gasteiger partial charge is 0.161 e. The predicted molar refractivity (Wildman–Crippen MR) is 130 cm³/mol. The van der Waals surface area contributed by atoms with Crippen LogP contribution in [0.15, 0.2) is 55.0 Å². The van der Waals surface area contributed by atoms with Gasteiger partial charge in [0.15, 0.2) is 5.82 Å². The summed E-state index contributed by atoms with van der Waals surface area (Å²) < 4.78 is 5.44. The molecular formula is C26H33N5O. The highest BCUT2D eigenvalue weighted by Gasteiger charge is 2.24. The molecule has 6 heteroatoms. The fourth-order valence-electron chi connectivity index (χ4n) is 4.23. The molecule has 168 valence electrons. The maximum Gasteiger partial charge on any atom is 0.161 e. The maximum atomic E-state index is 5.44. The van der Waals surface area contributed by atoms with Crippen molar-refractivity contribution >= 4 is 5.82 Å². The summed E-state index contributed by atoms with van der Waals surface area (Å²) in [6, 6.07) is 12.3. The number of benzene rings is 1. The second-order valence-electron chi connectivity index (χ2n) is 9.68. The quantitative estimate of drug-likeness (QED) is 0.583. The molecule has 1 aromatic carbocycles. The highest BCUT2D eigenvalue weighted by atomic mass is 16.5. The van der Waals surface area contributed by atoms with Crippen molar-refractivity contribution in [1.29, 1.82) is 0 Å². The molecule has 1 fully saturated rings. The third-order valence-electron chi connectivity index (χ3n) is 5.73. The Morgan fingerprint density at radius 1 is 1.06 bits per heavy atom. The zero-order valence-corrected chi connectivity index (χ0v) is 19.5. The monoisotopic (exact) mass is 431 g/mol. The van der Waals surface area contributed by atoms with Crippen molar-refractivity contribution in [2.45, 2.75) is 39.7 Å². The summed E-state index contributed by atoms with van der Waals surface area (Å²) in [7, 11) is 1.69. The summed E-state index contributed by atoms with van der Waals surface area (Å²) in [6.07, 6.45) is 7.65. The van der Waals surface area contributed by atoms with Crippen LogP contribution in [0.25, 0.3) is 22.5 Å². The minimum Gasteiger partial charge on any atom is -0.497 e. The Morgan fingerprint density at radius 3 is 2.50 bits per heavy atom. The fraction of sp³-hybridized carbons (Fsp3) is 0.423. The molecule has 1 aliphatic rings. The van der Waals surface area contributed by atoms with Crippen LogP contribution in [0.4, 0.5) is 5.82 Å². The average Bonchev–Trinajstić information content (AvgIpc) is 2.80. The highest BCUT2D eigenvalue weighted by Crippen LogP contribution is 2.32. The number of anilines is 1. The van der Waals surface area contributed by atoms with Crippen molar-refractivity contribution in [2.24, 2.45) is 5.41 Å². The second-order valence-corrected chi connectivity index (χ2v) is 9.68. The Balaban J connectivity index is 1.60. The van der Waals surface area contributed by atoms with E-state index < -0.39 is 0 Å². The Morgan fingerprint density at radius 2 is 1.81 bits per heavy atom. The first-order valence-corrected chi connectivity index (χ1v) is 11.3. The summed E-state index contributed by atoms with van der Waals surface area (Å²) in [5, 5.41) is 3.74. The fourth-order valence-corrected chi connectivity index (χ4v) is 4.23. The lowest BCUT2D eigenvalue weighted by Gasteiger charge is -2.36. The molecule has 0 aliphatic carbocycles. The van der Waals surface area contributed by atoms with E-state index in [0.29, 0.717) is 17.3 Å². The van der Waals surface area contributed by atoms with E-state index in [-0.39, 0.29) is 0 Å². The molecule has 2 aromatic heterocycles. The number of aromatic nitrogens is 3. The van der Waals surface area contributed by atoms with Crippen LogP contribution in [0.5, 0.6) is 5.75 Å². The van der Waals surface area contributed by atoms with Gasteiger partial charge in [-0.15, -0.1) is 0 Å². The topological polar surface area (TPSA) is 63.2 Å². The Kier molecular flexibility index (Phi) is 6.70. The van der Waals surface area contributed by atoms with Crippen molar-refractivity contribution in [2.75, 3.05) is 32.1 Å². The number of nitrogens with zero attached hydrogens (tertiary/aromatic N) is 4. The van der Waals surface area contributed by atoms with E-state index in [2.05, 4.69) is 47.0 Å². The number of hydrogen-bond donors (Lipinski definition) is 1. The van der Waals surface area contributed by atoms with Crippen LogP contribution in [0.1, 0.15) is 33.6 Å². The number of rotatable bonds is 6. The van der Waals surface area contributed by atoms with Gasteiger partial charge in [-0.1, -0.05) is 32.9 Å². The highest BCUT2D eigenvalue weighted by molar-refractivity contribution is 5.77. The molecule has 0 atom stereocenters. The largest absolute Gasteiger partial charge is 0.497 e. The summed E-state index contributed by atoms with van der Waals surface area (Å²) in [4.78, 5) is 16.3. The van der Waals surface area contributed by atoms with Crippen molar-refractivity contribution in [3.05, 3.63) is 55.0 Å². The molecule has 32 heavy (non-hydrogen) atoms. The number of piperidine rings is 1. The zero-order valence-electron chi connectivity index (χ0n) is 19.5. The molecule has 0 saturated carbocycles. The van der Waals surface area contributed by atoms with Gasteiger partial charge in [0.25, 0.3) is 0 Å². The average molecular weight is 432 g/mol. The standard InChI is InChI=1S/C26H33N5O/c1-26(2,3)18-31-14-10-21(11-15-31)29-25-23(20-6-5-7-22(16-20)32-4)17-28-24(30-25)19-8-12-27-13-9-19/h5-9,12-13,16-17,21H,10-11,14-15,18H2,1-4H3,(H,28,29,30). The number of nitrogens with one attached hydrogen (secondary N) is 1. The van der Waals surface area contributed by atoms with Gasteiger partial charge in [0, 0.05) is 55.4 Å². The Bertz CT molecular complexity index is 1020. The first-order chi connectivity index (χ1) is 15.4. The number of methoxy groups -OCH3 is 1. The lowest BCUT2D eigenvalue weighted by Crippen LogP contribution is -2.42. The minimum atomic E-state index is 0.325. The Labute approximate surface area is 191 Å². The molecule has 0 unspecified atom stereocenters. The molecule has 6 nitrogen and oxygen atoms in total. The summed E-state index contributed by atoms with van der Waals surface area (Å²) >= 11 is 0. The van der Waals surface area contributed by atoms with Gasteiger partial charge in [-0.05, 0) is 48.1 Å². The van der Waals surface area contributed by atoms with Crippen LogP contribution in [-0.2, 0) is 0 Å². The maximum absolute atomic E-state index is 5.44. The van der Waals surface area contributed by atoms with Gasteiger partial charge in [0.1, 0.15) is 11.6 Å². The lowest BCUT2D eigenvalue weighted by molar-refractivity contribution is 0.158. The molecule has 4 rings (SSSR count). The number of hydrogen-bond acceptors (Lipinski definition) is 6. The van der Waals surface area contributed by atoms with E-state index in [4.69, 9.17) is 9.72 Å². The van der Waals surface area contributed by atoms with Crippen LogP contribution in [0.2, 0.25) is 0 Å². The number of ether oxygens (including phenoxy) is 1. The van der Waals surface area contributed by atoms with Gasteiger partial charge < -0.3 is 15.0 Å². The van der Waals surface area contributed by atoms with Gasteiger partial charge in [0.05, 0.1) is 7.11 Å². The van der Waals surface area contributed by atoms with Crippen molar-refractivity contribution in [3.63, 3.8) is 0 Å². The molecule has 0 bridgehead atoms. The third kappa shape index (κ3) is 5.62. The zero-order chi connectivity index (χ0) is 22.6. The van der Waals surface area contributed by atoms with Gasteiger partial charge >= 0.3 is 0 Å². The van der Waals surface area contributed by atoms with Crippen molar-refractivity contribution in [3.8, 4) is 28.3 Å². The first kappa shape index (κ1) is 22.2. The van der Waals surface area contributed by atoms with Gasteiger partial charge in [-0.25, -0.2) is 9.97 Å². The molecular weight excluding hydrogens is 398 g/mol. The van der Waals surface area contributed by atoms with E-state index in [0.717, 1.165) is 60.7 Å². The van der Waals surface area contributed by atoms with Crippen LogP contribution in [0.3, 0.4) is 0 Å². The van der Waals surface area contributed by atoms with E-state index in [9.17, 15) is 0 Å². The second kappa shape index (κ2) is 9.65. The molecule has 1 saturated heterocycles.